The molecule has 0 aliphatic heterocycles. The molecule has 1 aromatic rings. The summed E-state index contributed by atoms with van der Waals surface area (Å²) in [6.07, 6.45) is 1.32. The zero-order valence-electron chi connectivity index (χ0n) is 8.08. The molecule has 0 aromatic carbocycles. The Bertz CT molecular complexity index is 329. The van der Waals surface area contributed by atoms with Crippen LogP contribution in [0, 0.1) is 0 Å². The SMILES string of the molecule is CC(C)(CO)Nc1ncnc(N)c1Cl. The van der Waals surface area contributed by atoms with Gasteiger partial charge in [-0.25, -0.2) is 9.97 Å². The number of aliphatic hydroxyl groups is 1. The second kappa shape index (κ2) is 3.98. The van der Waals surface area contributed by atoms with Gasteiger partial charge in [0, 0.05) is 0 Å². The number of hydrogen-bond donors (Lipinski definition) is 3. The lowest BCUT2D eigenvalue weighted by Crippen LogP contribution is -2.35. The number of aliphatic hydroxyl groups excluding tert-OH is 1. The summed E-state index contributed by atoms with van der Waals surface area (Å²) in [5.74, 6) is 0.649. The van der Waals surface area contributed by atoms with Gasteiger partial charge in [0.1, 0.15) is 17.2 Å². The fraction of sp³-hybridized carbons (Fsp3) is 0.500. The molecule has 0 saturated carbocycles. The number of nitrogens with two attached hydrogens (primary N) is 1. The third-order valence-corrected chi connectivity index (χ3v) is 2.04. The van der Waals surface area contributed by atoms with Crippen molar-refractivity contribution in [3.8, 4) is 0 Å². The molecule has 0 atom stereocenters. The van der Waals surface area contributed by atoms with Gasteiger partial charge in [-0.15, -0.1) is 0 Å². The van der Waals surface area contributed by atoms with Crippen molar-refractivity contribution in [3.05, 3.63) is 11.3 Å². The largest absolute Gasteiger partial charge is 0.394 e. The molecule has 0 amide bonds. The Morgan fingerprint density at radius 1 is 1.57 bits per heavy atom. The number of nitrogen functional groups attached to an aromatic ring is 1. The fourth-order valence-corrected chi connectivity index (χ4v) is 0.975. The minimum Gasteiger partial charge on any atom is -0.394 e. The number of nitrogens with one attached hydrogen (secondary N) is 1. The summed E-state index contributed by atoms with van der Waals surface area (Å²) < 4.78 is 0. The second-order valence-electron chi connectivity index (χ2n) is 3.59. The third-order valence-electron chi connectivity index (χ3n) is 1.67. The van der Waals surface area contributed by atoms with Gasteiger partial charge in [-0.3, -0.25) is 0 Å². The zero-order valence-corrected chi connectivity index (χ0v) is 8.84. The van der Waals surface area contributed by atoms with E-state index in [-0.39, 0.29) is 17.4 Å². The summed E-state index contributed by atoms with van der Waals surface area (Å²) in [7, 11) is 0. The average molecular weight is 217 g/mol. The first-order chi connectivity index (χ1) is 6.46. The van der Waals surface area contributed by atoms with E-state index in [0.29, 0.717) is 5.82 Å². The standard InChI is InChI=1S/C8H13ClN4O/c1-8(2,3-14)13-7-5(9)6(10)11-4-12-7/h4,14H,3H2,1-2H3,(H3,10,11,12,13). The fourth-order valence-electron chi connectivity index (χ4n) is 0.831. The summed E-state index contributed by atoms with van der Waals surface area (Å²) in [4.78, 5) is 7.65. The number of rotatable bonds is 3. The molecule has 0 fully saturated rings. The van der Waals surface area contributed by atoms with Crippen LogP contribution in [0.1, 0.15) is 13.8 Å². The topological polar surface area (TPSA) is 84.1 Å². The minimum atomic E-state index is -0.496. The van der Waals surface area contributed by atoms with Crippen molar-refractivity contribution in [1.29, 1.82) is 0 Å². The van der Waals surface area contributed by atoms with E-state index in [1.165, 1.54) is 6.33 Å². The molecule has 0 unspecified atom stereocenters. The van der Waals surface area contributed by atoms with E-state index >= 15 is 0 Å². The Morgan fingerprint density at radius 2 is 2.21 bits per heavy atom. The maximum Gasteiger partial charge on any atom is 0.150 e. The van der Waals surface area contributed by atoms with Gasteiger partial charge in [0.2, 0.25) is 0 Å². The van der Waals surface area contributed by atoms with Crippen LogP contribution in [0.3, 0.4) is 0 Å². The van der Waals surface area contributed by atoms with Gasteiger partial charge in [-0.2, -0.15) is 0 Å². The van der Waals surface area contributed by atoms with E-state index in [1.807, 2.05) is 13.8 Å². The predicted octanol–water partition coefficient (Wildman–Crippen LogP) is 0.895. The molecule has 5 nitrogen and oxygen atoms in total. The van der Waals surface area contributed by atoms with Gasteiger partial charge in [-0.1, -0.05) is 11.6 Å². The molecule has 4 N–H and O–H groups in total. The van der Waals surface area contributed by atoms with Crippen LogP contribution in [0.15, 0.2) is 6.33 Å². The van der Waals surface area contributed by atoms with Gasteiger partial charge in [0.05, 0.1) is 12.1 Å². The van der Waals surface area contributed by atoms with Crippen molar-refractivity contribution in [2.75, 3.05) is 17.7 Å². The summed E-state index contributed by atoms with van der Waals surface area (Å²) in [5.41, 5.74) is 5.00. The number of aromatic nitrogens is 2. The smallest absolute Gasteiger partial charge is 0.150 e. The Morgan fingerprint density at radius 3 is 2.79 bits per heavy atom. The van der Waals surface area contributed by atoms with Crippen molar-refractivity contribution < 1.29 is 5.11 Å². The first kappa shape index (κ1) is 11.0. The van der Waals surface area contributed by atoms with Crippen molar-refractivity contribution in [1.82, 2.24) is 9.97 Å². The monoisotopic (exact) mass is 216 g/mol. The van der Waals surface area contributed by atoms with E-state index in [1.54, 1.807) is 0 Å². The third kappa shape index (κ3) is 2.46. The van der Waals surface area contributed by atoms with Crippen LogP contribution < -0.4 is 11.1 Å². The summed E-state index contributed by atoms with van der Waals surface area (Å²) in [6, 6.07) is 0. The summed E-state index contributed by atoms with van der Waals surface area (Å²) in [5, 5.41) is 12.3. The first-order valence-electron chi connectivity index (χ1n) is 4.11. The molecule has 0 aliphatic carbocycles. The number of anilines is 2. The van der Waals surface area contributed by atoms with Gasteiger partial charge >= 0.3 is 0 Å². The molecule has 0 bridgehead atoms. The molecule has 0 radical (unpaired) electrons. The van der Waals surface area contributed by atoms with Gasteiger partial charge in [0.25, 0.3) is 0 Å². The molecule has 6 heteroatoms. The maximum atomic E-state index is 9.04. The molecule has 0 saturated heterocycles. The van der Waals surface area contributed by atoms with E-state index in [0.717, 1.165) is 0 Å². The lowest BCUT2D eigenvalue weighted by Gasteiger charge is -2.24. The normalized spacial score (nSPS) is 11.4. The Balaban J connectivity index is 2.92. The number of halogens is 1. The molecular formula is C8H13ClN4O. The molecule has 1 heterocycles. The van der Waals surface area contributed by atoms with E-state index in [2.05, 4.69) is 15.3 Å². The van der Waals surface area contributed by atoms with Crippen molar-refractivity contribution >= 4 is 23.2 Å². The Hall–Kier alpha value is -1.07. The van der Waals surface area contributed by atoms with Crippen molar-refractivity contribution in [2.45, 2.75) is 19.4 Å². The summed E-state index contributed by atoms with van der Waals surface area (Å²) in [6.45, 7) is 3.61. The molecule has 1 rings (SSSR count). The van der Waals surface area contributed by atoms with Gasteiger partial charge in [0.15, 0.2) is 5.82 Å². The van der Waals surface area contributed by atoms with Crippen molar-refractivity contribution in [3.63, 3.8) is 0 Å². The van der Waals surface area contributed by atoms with Crippen LogP contribution >= 0.6 is 11.6 Å². The number of hydrogen-bond acceptors (Lipinski definition) is 5. The van der Waals surface area contributed by atoms with Gasteiger partial charge in [-0.05, 0) is 13.8 Å². The Kier molecular flexibility index (Phi) is 3.13. The first-order valence-corrected chi connectivity index (χ1v) is 4.49. The summed E-state index contributed by atoms with van der Waals surface area (Å²) >= 11 is 5.86. The molecule has 78 valence electrons. The molecule has 0 aliphatic rings. The maximum absolute atomic E-state index is 9.04. The molecular weight excluding hydrogens is 204 g/mol. The minimum absolute atomic E-state index is 0.0345. The van der Waals surface area contributed by atoms with Gasteiger partial charge < -0.3 is 16.2 Å². The second-order valence-corrected chi connectivity index (χ2v) is 3.97. The van der Waals surface area contributed by atoms with Crippen LogP contribution in [0.2, 0.25) is 5.02 Å². The van der Waals surface area contributed by atoms with E-state index in [9.17, 15) is 0 Å². The van der Waals surface area contributed by atoms with E-state index < -0.39 is 5.54 Å². The van der Waals surface area contributed by atoms with Crippen LogP contribution in [-0.4, -0.2) is 27.2 Å². The highest BCUT2D eigenvalue weighted by Gasteiger charge is 2.18. The van der Waals surface area contributed by atoms with Crippen LogP contribution in [0.4, 0.5) is 11.6 Å². The lowest BCUT2D eigenvalue weighted by atomic mass is 10.1. The predicted molar refractivity (Wildman–Crippen MR) is 56.2 cm³/mol. The highest BCUT2D eigenvalue weighted by atomic mass is 35.5. The zero-order chi connectivity index (χ0) is 10.8. The van der Waals surface area contributed by atoms with Crippen LogP contribution in [0.25, 0.3) is 0 Å². The van der Waals surface area contributed by atoms with Crippen molar-refractivity contribution in [2.24, 2.45) is 0 Å². The number of nitrogens with zero attached hydrogens (tertiary/aromatic N) is 2. The quantitative estimate of drug-likeness (QED) is 0.699. The highest BCUT2D eigenvalue weighted by Crippen LogP contribution is 2.25. The van der Waals surface area contributed by atoms with E-state index in [4.69, 9.17) is 22.4 Å². The Labute approximate surface area is 87.3 Å². The lowest BCUT2D eigenvalue weighted by molar-refractivity contribution is 0.234. The molecule has 1 aromatic heterocycles. The van der Waals surface area contributed by atoms with Crippen LogP contribution in [0.5, 0.6) is 0 Å². The molecule has 0 spiro atoms. The van der Waals surface area contributed by atoms with Crippen LogP contribution in [-0.2, 0) is 0 Å². The average Bonchev–Trinajstić information content (AvgIpc) is 2.13. The molecule has 14 heavy (non-hydrogen) atoms. The highest BCUT2D eigenvalue weighted by molar-refractivity contribution is 6.35.